The molecule has 1 unspecified atom stereocenters. The number of halogens is 2. The van der Waals surface area contributed by atoms with E-state index in [1.807, 2.05) is 6.92 Å². The van der Waals surface area contributed by atoms with Crippen LogP contribution in [-0.2, 0) is 9.47 Å². The zero-order chi connectivity index (χ0) is 17.7. The van der Waals surface area contributed by atoms with Gasteiger partial charge in [-0.3, -0.25) is 4.99 Å². The van der Waals surface area contributed by atoms with E-state index in [2.05, 4.69) is 20.6 Å². The minimum atomic E-state index is 0. The maximum absolute atomic E-state index is 5.79. The van der Waals surface area contributed by atoms with Crippen LogP contribution < -0.4 is 15.4 Å². The van der Waals surface area contributed by atoms with Crippen molar-refractivity contribution in [2.45, 2.75) is 25.9 Å². The molecular formula is C17H28ClIN4O3. The minimum Gasteiger partial charge on any atom is -0.476 e. The van der Waals surface area contributed by atoms with Crippen molar-refractivity contribution in [3.8, 4) is 5.88 Å². The van der Waals surface area contributed by atoms with Gasteiger partial charge in [-0.25, -0.2) is 4.98 Å². The average molecular weight is 499 g/mol. The van der Waals surface area contributed by atoms with E-state index in [1.54, 1.807) is 18.3 Å². The molecule has 2 heterocycles. The molecule has 1 aromatic rings. The van der Waals surface area contributed by atoms with Crippen molar-refractivity contribution in [3.05, 3.63) is 23.4 Å². The first kappa shape index (κ1) is 23.2. The van der Waals surface area contributed by atoms with Crippen LogP contribution in [0.25, 0.3) is 0 Å². The lowest BCUT2D eigenvalue weighted by Gasteiger charge is -2.12. The highest BCUT2D eigenvalue weighted by molar-refractivity contribution is 14.0. The Labute approximate surface area is 177 Å². The van der Waals surface area contributed by atoms with Crippen LogP contribution in [0, 0.1) is 0 Å². The lowest BCUT2D eigenvalue weighted by atomic mass is 10.3. The van der Waals surface area contributed by atoms with Crippen molar-refractivity contribution >= 4 is 41.5 Å². The summed E-state index contributed by atoms with van der Waals surface area (Å²) in [4.78, 5) is 8.61. The van der Waals surface area contributed by atoms with Crippen molar-refractivity contribution in [2.24, 2.45) is 4.99 Å². The molecule has 1 fully saturated rings. The van der Waals surface area contributed by atoms with E-state index in [0.29, 0.717) is 37.2 Å². The molecule has 2 N–H and O–H groups in total. The number of guanidine groups is 1. The van der Waals surface area contributed by atoms with Crippen LogP contribution in [0.1, 0.15) is 19.8 Å². The zero-order valence-corrected chi connectivity index (χ0v) is 18.2. The van der Waals surface area contributed by atoms with Gasteiger partial charge in [-0.15, -0.1) is 24.0 Å². The lowest BCUT2D eigenvalue weighted by molar-refractivity contribution is 0.0424. The van der Waals surface area contributed by atoms with Crippen LogP contribution in [0.15, 0.2) is 23.3 Å². The van der Waals surface area contributed by atoms with Gasteiger partial charge < -0.3 is 24.8 Å². The van der Waals surface area contributed by atoms with E-state index < -0.39 is 0 Å². The number of ether oxygens (including phenoxy) is 3. The third-order valence-electron chi connectivity index (χ3n) is 3.50. The average Bonchev–Trinajstić information content (AvgIpc) is 3.13. The largest absolute Gasteiger partial charge is 0.476 e. The van der Waals surface area contributed by atoms with Gasteiger partial charge in [0.15, 0.2) is 5.96 Å². The summed E-state index contributed by atoms with van der Waals surface area (Å²) in [6.07, 6.45) is 3.71. The molecule has 1 saturated heterocycles. The Morgan fingerprint density at radius 1 is 1.38 bits per heavy atom. The molecule has 2 rings (SSSR count). The summed E-state index contributed by atoms with van der Waals surface area (Å²) >= 11 is 5.79. The molecule has 1 aliphatic heterocycles. The number of pyridine rings is 1. The molecule has 0 amide bonds. The molecule has 0 aliphatic carbocycles. The highest BCUT2D eigenvalue weighted by Gasteiger charge is 2.15. The predicted molar refractivity (Wildman–Crippen MR) is 114 cm³/mol. The number of rotatable bonds is 10. The molecule has 1 atom stereocenters. The molecule has 9 heteroatoms. The number of aromatic nitrogens is 1. The standard InChI is InChI=1S/C17H27ClN4O3.HI/c1-2-19-17(20-7-3-9-24-15-6-10-23-13-15)21-8-11-25-16-5-4-14(18)12-22-16;/h4-5,12,15H,2-3,6-11,13H2,1H3,(H2,19,20,21);1H. The van der Waals surface area contributed by atoms with Gasteiger partial charge in [-0.2, -0.15) is 0 Å². The second kappa shape index (κ2) is 14.2. The number of aliphatic imine (C=N–C) groups is 1. The first-order valence-corrected chi connectivity index (χ1v) is 9.11. The molecule has 0 aromatic carbocycles. The Hall–Kier alpha value is -0.840. The van der Waals surface area contributed by atoms with Gasteiger partial charge in [0.25, 0.3) is 0 Å². The van der Waals surface area contributed by atoms with Gasteiger partial charge in [0.05, 0.1) is 24.3 Å². The lowest BCUT2D eigenvalue weighted by Crippen LogP contribution is -2.39. The van der Waals surface area contributed by atoms with Gasteiger partial charge in [-0.1, -0.05) is 11.6 Å². The van der Waals surface area contributed by atoms with E-state index in [1.165, 1.54) is 0 Å². The minimum absolute atomic E-state index is 0. The molecule has 0 spiro atoms. The SMILES string of the molecule is CCNC(=NCCCOC1CCOC1)NCCOc1ccc(Cl)cn1.I. The Balaban J connectivity index is 0.00000338. The summed E-state index contributed by atoms with van der Waals surface area (Å²) in [5.74, 6) is 1.33. The van der Waals surface area contributed by atoms with E-state index in [0.717, 1.165) is 38.6 Å². The summed E-state index contributed by atoms with van der Waals surface area (Å²) < 4.78 is 16.6. The van der Waals surface area contributed by atoms with E-state index in [9.17, 15) is 0 Å². The monoisotopic (exact) mass is 498 g/mol. The Morgan fingerprint density at radius 3 is 2.96 bits per heavy atom. The first-order valence-electron chi connectivity index (χ1n) is 8.74. The summed E-state index contributed by atoms with van der Waals surface area (Å²) in [6.45, 7) is 6.91. The van der Waals surface area contributed by atoms with Gasteiger partial charge in [-0.05, 0) is 25.8 Å². The number of hydrogen-bond donors (Lipinski definition) is 2. The van der Waals surface area contributed by atoms with Crippen LogP contribution in [0.4, 0.5) is 0 Å². The maximum Gasteiger partial charge on any atom is 0.213 e. The zero-order valence-electron chi connectivity index (χ0n) is 15.1. The summed E-state index contributed by atoms with van der Waals surface area (Å²) in [5.41, 5.74) is 0. The van der Waals surface area contributed by atoms with Crippen LogP contribution in [-0.4, -0.2) is 63.1 Å². The second-order valence-electron chi connectivity index (χ2n) is 5.56. The topological polar surface area (TPSA) is 77.0 Å². The smallest absolute Gasteiger partial charge is 0.213 e. The molecule has 0 radical (unpaired) electrons. The Kier molecular flexibility index (Phi) is 12.7. The maximum atomic E-state index is 5.79. The van der Waals surface area contributed by atoms with Gasteiger partial charge >= 0.3 is 0 Å². The van der Waals surface area contributed by atoms with E-state index in [4.69, 9.17) is 25.8 Å². The van der Waals surface area contributed by atoms with E-state index in [-0.39, 0.29) is 30.1 Å². The predicted octanol–water partition coefficient (Wildman–Crippen LogP) is 2.48. The number of nitrogens with one attached hydrogen (secondary N) is 2. The third-order valence-corrected chi connectivity index (χ3v) is 3.73. The fourth-order valence-electron chi connectivity index (χ4n) is 2.26. The molecular weight excluding hydrogens is 471 g/mol. The molecule has 0 saturated carbocycles. The highest BCUT2D eigenvalue weighted by atomic mass is 127. The van der Waals surface area contributed by atoms with Crippen molar-refractivity contribution in [2.75, 3.05) is 46.1 Å². The second-order valence-corrected chi connectivity index (χ2v) is 6.00. The van der Waals surface area contributed by atoms with Crippen molar-refractivity contribution in [3.63, 3.8) is 0 Å². The molecule has 148 valence electrons. The summed E-state index contributed by atoms with van der Waals surface area (Å²) in [7, 11) is 0. The highest BCUT2D eigenvalue weighted by Crippen LogP contribution is 2.11. The van der Waals surface area contributed by atoms with Crippen molar-refractivity contribution in [1.82, 2.24) is 15.6 Å². The summed E-state index contributed by atoms with van der Waals surface area (Å²) in [5, 5.41) is 7.04. The fraction of sp³-hybridized carbons (Fsp3) is 0.647. The molecule has 1 aromatic heterocycles. The Bertz CT molecular complexity index is 513. The first-order chi connectivity index (χ1) is 12.3. The van der Waals surface area contributed by atoms with Crippen LogP contribution in [0.5, 0.6) is 5.88 Å². The molecule has 0 bridgehead atoms. The molecule has 7 nitrogen and oxygen atoms in total. The normalized spacial score (nSPS) is 16.8. The van der Waals surface area contributed by atoms with Gasteiger partial charge in [0.2, 0.25) is 5.88 Å². The number of hydrogen-bond acceptors (Lipinski definition) is 5. The van der Waals surface area contributed by atoms with Crippen LogP contribution >= 0.6 is 35.6 Å². The van der Waals surface area contributed by atoms with Crippen molar-refractivity contribution in [1.29, 1.82) is 0 Å². The quantitative estimate of drug-likeness (QED) is 0.223. The van der Waals surface area contributed by atoms with Crippen LogP contribution in [0.2, 0.25) is 5.02 Å². The van der Waals surface area contributed by atoms with Gasteiger partial charge in [0.1, 0.15) is 6.61 Å². The third kappa shape index (κ3) is 9.75. The Morgan fingerprint density at radius 2 is 2.27 bits per heavy atom. The fourth-order valence-corrected chi connectivity index (χ4v) is 2.38. The number of nitrogens with zero attached hydrogens (tertiary/aromatic N) is 2. The molecule has 1 aliphatic rings. The van der Waals surface area contributed by atoms with E-state index >= 15 is 0 Å². The van der Waals surface area contributed by atoms with Gasteiger partial charge in [0, 0.05) is 38.6 Å². The summed E-state index contributed by atoms with van der Waals surface area (Å²) in [6, 6.07) is 3.50. The van der Waals surface area contributed by atoms with Crippen LogP contribution in [0.3, 0.4) is 0 Å². The molecule has 26 heavy (non-hydrogen) atoms. The van der Waals surface area contributed by atoms with Crippen molar-refractivity contribution < 1.29 is 14.2 Å².